The number of aryl methyl sites for hydroxylation is 2. The van der Waals surface area contributed by atoms with Crippen LogP contribution in [0, 0.1) is 11.7 Å². The summed E-state index contributed by atoms with van der Waals surface area (Å²) in [4.78, 5) is 18.4. The van der Waals surface area contributed by atoms with E-state index < -0.39 is 0 Å². The zero-order valence-electron chi connectivity index (χ0n) is 15.1. The lowest BCUT2D eigenvalue weighted by atomic mass is 10.1. The first-order valence-electron chi connectivity index (χ1n) is 8.64. The van der Waals surface area contributed by atoms with Crippen molar-refractivity contribution in [2.75, 3.05) is 0 Å². The Morgan fingerprint density at radius 3 is 2.71 bits per heavy atom. The second-order valence-electron chi connectivity index (χ2n) is 6.39. The summed E-state index contributed by atoms with van der Waals surface area (Å²) in [5.41, 5.74) is 1.97. The van der Waals surface area contributed by atoms with Crippen LogP contribution in [0.25, 0.3) is 16.0 Å². The molecule has 0 radical (unpaired) electrons. The smallest absolute Gasteiger partial charge is 0.269 e. The van der Waals surface area contributed by atoms with Crippen LogP contribution in [0.1, 0.15) is 22.9 Å². The summed E-state index contributed by atoms with van der Waals surface area (Å²) < 4.78 is 4.27. The fourth-order valence-corrected chi connectivity index (χ4v) is 5.36. The molecule has 0 aliphatic heterocycles. The van der Waals surface area contributed by atoms with Crippen molar-refractivity contribution in [2.24, 2.45) is 0 Å². The summed E-state index contributed by atoms with van der Waals surface area (Å²) in [7, 11) is 0. The number of nitrogens with zero attached hydrogens (tertiary/aromatic N) is 3. The van der Waals surface area contributed by atoms with Crippen LogP contribution in [0.5, 0.6) is 0 Å². The minimum atomic E-state index is -0.141. The highest BCUT2D eigenvalue weighted by molar-refractivity contribution is 9.10. The number of halogens is 2. The van der Waals surface area contributed by atoms with Gasteiger partial charge >= 0.3 is 0 Å². The third-order valence-electron chi connectivity index (χ3n) is 4.57. The van der Waals surface area contributed by atoms with Crippen molar-refractivity contribution in [3.8, 4) is 5.82 Å². The Labute approximate surface area is 183 Å². The highest BCUT2D eigenvalue weighted by Gasteiger charge is 2.18. The Bertz CT molecular complexity index is 1300. The standard InChI is InChI=1S/C19H16BrClN4OS2/c1-3-13-10(2)28-17-15(13)18(26)25(19(27)22-17)16-14(20)9-24(23-16)8-11-4-6-12(21)7-5-11/h4-7,9H,3,8H2,1-2H3,(H,22,27). The minimum Gasteiger partial charge on any atom is -0.323 e. The Hall–Kier alpha value is -1.74. The molecule has 4 aromatic rings. The van der Waals surface area contributed by atoms with Crippen LogP contribution in [-0.2, 0) is 13.0 Å². The van der Waals surface area contributed by atoms with Crippen LogP contribution in [0.3, 0.4) is 0 Å². The molecular formula is C19H16BrClN4OS2. The molecule has 1 aromatic carbocycles. The number of benzene rings is 1. The summed E-state index contributed by atoms with van der Waals surface area (Å²) in [6.07, 6.45) is 2.63. The third-order valence-corrected chi connectivity index (χ3v) is 6.73. The molecule has 0 unspecified atom stereocenters. The van der Waals surface area contributed by atoms with Gasteiger partial charge in [0.1, 0.15) is 4.83 Å². The van der Waals surface area contributed by atoms with Gasteiger partial charge in [-0.15, -0.1) is 11.3 Å². The number of nitrogens with one attached hydrogen (secondary N) is 1. The number of aromatic amines is 1. The van der Waals surface area contributed by atoms with E-state index in [1.165, 1.54) is 4.57 Å². The number of hydrogen-bond donors (Lipinski definition) is 1. The maximum atomic E-state index is 13.3. The third kappa shape index (κ3) is 3.39. The van der Waals surface area contributed by atoms with E-state index in [0.29, 0.717) is 32.0 Å². The van der Waals surface area contributed by atoms with E-state index in [1.807, 2.05) is 37.4 Å². The van der Waals surface area contributed by atoms with Crippen LogP contribution in [-0.4, -0.2) is 19.3 Å². The first-order chi connectivity index (χ1) is 13.4. The summed E-state index contributed by atoms with van der Waals surface area (Å²) in [5.74, 6) is 0.480. The van der Waals surface area contributed by atoms with Gasteiger partial charge in [-0.3, -0.25) is 9.48 Å². The molecule has 0 saturated heterocycles. The average Bonchev–Trinajstić information content (AvgIpc) is 3.16. The van der Waals surface area contributed by atoms with Crippen molar-refractivity contribution in [1.29, 1.82) is 0 Å². The second-order valence-corrected chi connectivity index (χ2v) is 9.29. The van der Waals surface area contributed by atoms with Gasteiger partial charge in [0, 0.05) is 16.1 Å². The highest BCUT2D eigenvalue weighted by atomic mass is 79.9. The van der Waals surface area contributed by atoms with Gasteiger partial charge in [-0.05, 0) is 64.8 Å². The van der Waals surface area contributed by atoms with E-state index in [2.05, 4.69) is 32.9 Å². The molecule has 3 heterocycles. The summed E-state index contributed by atoms with van der Waals surface area (Å²) >= 11 is 16.5. The molecule has 0 atom stereocenters. The van der Waals surface area contributed by atoms with Crippen molar-refractivity contribution in [3.05, 3.63) is 71.1 Å². The predicted octanol–water partition coefficient (Wildman–Crippen LogP) is 5.64. The molecule has 4 rings (SSSR count). The van der Waals surface area contributed by atoms with E-state index in [4.69, 9.17) is 23.8 Å². The fraction of sp³-hybridized carbons (Fsp3) is 0.211. The molecule has 3 aromatic heterocycles. The number of hydrogen-bond acceptors (Lipinski definition) is 4. The van der Waals surface area contributed by atoms with Gasteiger partial charge in [0.05, 0.1) is 16.4 Å². The van der Waals surface area contributed by atoms with Gasteiger partial charge in [-0.1, -0.05) is 30.7 Å². The summed E-state index contributed by atoms with van der Waals surface area (Å²) in [5, 5.41) is 5.99. The van der Waals surface area contributed by atoms with Crippen molar-refractivity contribution in [3.63, 3.8) is 0 Å². The Kier molecular flexibility index (Phi) is 5.30. The molecule has 28 heavy (non-hydrogen) atoms. The number of fused-ring (bicyclic) bond motifs is 1. The van der Waals surface area contributed by atoms with E-state index in [1.54, 1.807) is 16.0 Å². The molecule has 0 spiro atoms. The molecule has 5 nitrogen and oxygen atoms in total. The maximum Gasteiger partial charge on any atom is 0.269 e. The molecule has 0 amide bonds. The molecular weight excluding hydrogens is 480 g/mol. The quantitative estimate of drug-likeness (QED) is 0.373. The largest absolute Gasteiger partial charge is 0.323 e. The normalized spacial score (nSPS) is 11.4. The molecule has 1 N–H and O–H groups in total. The van der Waals surface area contributed by atoms with Gasteiger partial charge in [-0.2, -0.15) is 5.10 Å². The number of rotatable bonds is 4. The second kappa shape index (κ2) is 7.59. The lowest BCUT2D eigenvalue weighted by molar-refractivity contribution is 0.674. The van der Waals surface area contributed by atoms with E-state index in [-0.39, 0.29) is 5.56 Å². The molecule has 0 saturated carbocycles. The highest BCUT2D eigenvalue weighted by Crippen LogP contribution is 2.28. The first-order valence-corrected chi connectivity index (χ1v) is 11.0. The van der Waals surface area contributed by atoms with E-state index in [9.17, 15) is 4.79 Å². The van der Waals surface area contributed by atoms with Gasteiger partial charge < -0.3 is 4.98 Å². The lowest BCUT2D eigenvalue weighted by Crippen LogP contribution is -2.21. The molecule has 0 fully saturated rings. The molecule has 0 aliphatic carbocycles. The maximum absolute atomic E-state index is 13.3. The number of H-pyrrole nitrogens is 1. The summed E-state index contributed by atoms with van der Waals surface area (Å²) in [6.45, 7) is 4.64. The lowest BCUT2D eigenvalue weighted by Gasteiger charge is -2.05. The topological polar surface area (TPSA) is 55.6 Å². The van der Waals surface area contributed by atoms with E-state index >= 15 is 0 Å². The van der Waals surface area contributed by atoms with Gasteiger partial charge in [-0.25, -0.2) is 4.57 Å². The van der Waals surface area contributed by atoms with Gasteiger partial charge in [0.25, 0.3) is 5.56 Å². The molecule has 0 aliphatic rings. The zero-order chi connectivity index (χ0) is 20.0. The number of aromatic nitrogens is 4. The van der Waals surface area contributed by atoms with Crippen molar-refractivity contribution in [2.45, 2.75) is 26.8 Å². The minimum absolute atomic E-state index is 0.141. The molecule has 0 bridgehead atoms. The van der Waals surface area contributed by atoms with Crippen LogP contribution < -0.4 is 5.56 Å². The van der Waals surface area contributed by atoms with E-state index in [0.717, 1.165) is 27.3 Å². The Morgan fingerprint density at radius 1 is 1.32 bits per heavy atom. The zero-order valence-corrected chi connectivity index (χ0v) is 19.1. The SMILES string of the molecule is CCc1c(C)sc2[nH]c(=S)n(-c3nn(Cc4ccc(Cl)cc4)cc3Br)c(=O)c12. The van der Waals surface area contributed by atoms with Crippen molar-refractivity contribution in [1.82, 2.24) is 19.3 Å². The summed E-state index contributed by atoms with van der Waals surface area (Å²) in [6, 6.07) is 7.58. The van der Waals surface area contributed by atoms with Crippen molar-refractivity contribution < 1.29 is 0 Å². The Morgan fingerprint density at radius 2 is 2.04 bits per heavy atom. The molecule has 9 heteroatoms. The first kappa shape index (κ1) is 19.6. The Balaban J connectivity index is 1.84. The monoisotopic (exact) mass is 494 g/mol. The number of thiophene rings is 1. The van der Waals surface area contributed by atoms with Crippen LogP contribution in [0.2, 0.25) is 5.02 Å². The van der Waals surface area contributed by atoms with Crippen molar-refractivity contribution >= 4 is 61.3 Å². The van der Waals surface area contributed by atoms with Gasteiger partial charge in [0.15, 0.2) is 10.6 Å². The predicted molar refractivity (Wildman–Crippen MR) is 121 cm³/mol. The van der Waals surface area contributed by atoms with Gasteiger partial charge in [0.2, 0.25) is 0 Å². The van der Waals surface area contributed by atoms with Crippen LogP contribution in [0.15, 0.2) is 39.7 Å². The fourth-order valence-electron chi connectivity index (χ4n) is 3.26. The van der Waals surface area contributed by atoms with Crippen LogP contribution in [0.4, 0.5) is 0 Å². The average molecular weight is 496 g/mol. The van der Waals surface area contributed by atoms with Crippen LogP contribution >= 0.6 is 51.1 Å². The molecule has 144 valence electrons.